The molecule has 0 heterocycles. The lowest BCUT2D eigenvalue weighted by molar-refractivity contribution is 0.116. The number of rotatable bonds is 8. The van der Waals surface area contributed by atoms with Crippen LogP contribution in [0.3, 0.4) is 0 Å². The predicted molar refractivity (Wildman–Crippen MR) is 74.3 cm³/mol. The first kappa shape index (κ1) is 14.7. The van der Waals surface area contributed by atoms with E-state index < -0.39 is 0 Å². The Balaban J connectivity index is 2.21. The third-order valence-corrected chi connectivity index (χ3v) is 3.12. The van der Waals surface area contributed by atoms with Crippen LogP contribution in [0.1, 0.15) is 55.7 Å². The summed E-state index contributed by atoms with van der Waals surface area (Å²) in [6.45, 7) is 5.75. The van der Waals surface area contributed by atoms with Crippen LogP contribution in [-0.2, 0) is 11.3 Å². The molecule has 0 saturated carbocycles. The van der Waals surface area contributed by atoms with E-state index in [9.17, 15) is 0 Å². The van der Waals surface area contributed by atoms with Gasteiger partial charge in [-0.3, -0.25) is 0 Å². The van der Waals surface area contributed by atoms with Crippen molar-refractivity contribution in [2.24, 2.45) is 0 Å². The highest BCUT2D eigenvalue weighted by Crippen LogP contribution is 2.12. The average molecular weight is 245 g/mol. The van der Waals surface area contributed by atoms with Crippen molar-refractivity contribution in [2.45, 2.75) is 52.6 Å². The van der Waals surface area contributed by atoms with Gasteiger partial charge < -0.3 is 4.74 Å². The molecule has 0 saturated heterocycles. The van der Waals surface area contributed by atoms with Gasteiger partial charge in [0.05, 0.1) is 18.2 Å². The Kier molecular flexibility index (Phi) is 7.13. The van der Waals surface area contributed by atoms with Crippen molar-refractivity contribution >= 4 is 0 Å². The summed E-state index contributed by atoms with van der Waals surface area (Å²) in [5, 5.41) is 8.79. The standard InChI is InChI=1S/C16H23NO/c1-3-4-5-6-7-10-18-13-16-9-8-15(12-17)11-14(16)2/h8-9,11H,3-7,10,13H2,1-2H3. The van der Waals surface area contributed by atoms with E-state index in [0.717, 1.165) is 24.2 Å². The Hall–Kier alpha value is -1.33. The molecule has 2 nitrogen and oxygen atoms in total. The summed E-state index contributed by atoms with van der Waals surface area (Å²) in [6.07, 6.45) is 6.34. The van der Waals surface area contributed by atoms with Crippen molar-refractivity contribution in [2.75, 3.05) is 6.61 Å². The summed E-state index contributed by atoms with van der Waals surface area (Å²) in [7, 11) is 0. The zero-order chi connectivity index (χ0) is 13.2. The molecule has 0 aliphatic carbocycles. The van der Waals surface area contributed by atoms with Crippen molar-refractivity contribution in [3.63, 3.8) is 0 Å². The smallest absolute Gasteiger partial charge is 0.0991 e. The van der Waals surface area contributed by atoms with Crippen LogP contribution in [0.5, 0.6) is 0 Å². The number of aryl methyl sites for hydroxylation is 1. The number of nitriles is 1. The summed E-state index contributed by atoms with van der Waals surface area (Å²) in [6, 6.07) is 7.91. The first-order valence-corrected chi connectivity index (χ1v) is 6.85. The van der Waals surface area contributed by atoms with Crippen LogP contribution in [0.2, 0.25) is 0 Å². The lowest BCUT2D eigenvalue weighted by Crippen LogP contribution is -1.98. The Morgan fingerprint density at radius 1 is 1.17 bits per heavy atom. The molecule has 0 aliphatic heterocycles. The monoisotopic (exact) mass is 245 g/mol. The fourth-order valence-corrected chi connectivity index (χ4v) is 1.92. The van der Waals surface area contributed by atoms with E-state index in [1.165, 1.54) is 31.2 Å². The minimum atomic E-state index is 0.658. The third kappa shape index (κ3) is 5.33. The molecule has 0 aromatic heterocycles. The van der Waals surface area contributed by atoms with Gasteiger partial charge in [0.15, 0.2) is 0 Å². The van der Waals surface area contributed by atoms with E-state index in [1.807, 2.05) is 25.1 Å². The van der Waals surface area contributed by atoms with Crippen LogP contribution >= 0.6 is 0 Å². The number of ether oxygens (including phenoxy) is 1. The van der Waals surface area contributed by atoms with Gasteiger partial charge in [0, 0.05) is 6.61 Å². The second-order valence-electron chi connectivity index (χ2n) is 4.72. The van der Waals surface area contributed by atoms with Gasteiger partial charge in [-0.1, -0.05) is 38.7 Å². The van der Waals surface area contributed by atoms with Gasteiger partial charge in [0.2, 0.25) is 0 Å². The molecule has 2 heteroatoms. The predicted octanol–water partition coefficient (Wildman–Crippen LogP) is 4.35. The van der Waals surface area contributed by atoms with Gasteiger partial charge in [0.25, 0.3) is 0 Å². The van der Waals surface area contributed by atoms with Gasteiger partial charge in [0.1, 0.15) is 0 Å². The summed E-state index contributed by atoms with van der Waals surface area (Å²) in [5.74, 6) is 0. The van der Waals surface area contributed by atoms with Crippen LogP contribution in [0.4, 0.5) is 0 Å². The average Bonchev–Trinajstić information content (AvgIpc) is 2.39. The zero-order valence-electron chi connectivity index (χ0n) is 11.5. The molecule has 1 rings (SSSR count). The zero-order valence-corrected chi connectivity index (χ0v) is 11.5. The highest BCUT2D eigenvalue weighted by molar-refractivity contribution is 5.37. The van der Waals surface area contributed by atoms with Crippen molar-refractivity contribution in [1.82, 2.24) is 0 Å². The van der Waals surface area contributed by atoms with Crippen molar-refractivity contribution < 1.29 is 4.74 Å². The van der Waals surface area contributed by atoms with Crippen LogP contribution in [0.15, 0.2) is 18.2 Å². The quantitative estimate of drug-likeness (QED) is 0.638. The molecular formula is C16H23NO. The topological polar surface area (TPSA) is 33.0 Å². The Morgan fingerprint density at radius 2 is 1.94 bits per heavy atom. The van der Waals surface area contributed by atoms with E-state index in [0.29, 0.717) is 6.61 Å². The second-order valence-corrected chi connectivity index (χ2v) is 4.72. The molecule has 0 N–H and O–H groups in total. The second kappa shape index (κ2) is 8.72. The SMILES string of the molecule is CCCCCCCOCc1ccc(C#N)cc1C. The first-order valence-electron chi connectivity index (χ1n) is 6.85. The summed E-state index contributed by atoms with van der Waals surface area (Å²) < 4.78 is 5.67. The lowest BCUT2D eigenvalue weighted by Gasteiger charge is -2.07. The van der Waals surface area contributed by atoms with E-state index in [1.54, 1.807) is 0 Å². The van der Waals surface area contributed by atoms with E-state index >= 15 is 0 Å². The fraction of sp³-hybridized carbons (Fsp3) is 0.562. The minimum Gasteiger partial charge on any atom is -0.377 e. The van der Waals surface area contributed by atoms with E-state index in [2.05, 4.69) is 13.0 Å². The van der Waals surface area contributed by atoms with Crippen molar-refractivity contribution in [1.29, 1.82) is 5.26 Å². The van der Waals surface area contributed by atoms with Gasteiger partial charge in [-0.05, 0) is 36.6 Å². The molecule has 0 unspecified atom stereocenters. The molecule has 98 valence electrons. The Labute approximate surface area is 111 Å². The minimum absolute atomic E-state index is 0.658. The van der Waals surface area contributed by atoms with Crippen LogP contribution in [0.25, 0.3) is 0 Å². The van der Waals surface area contributed by atoms with Crippen molar-refractivity contribution in [3.05, 3.63) is 34.9 Å². The Morgan fingerprint density at radius 3 is 2.61 bits per heavy atom. The molecule has 0 bridgehead atoms. The molecule has 0 radical (unpaired) electrons. The molecule has 0 spiro atoms. The number of hydrogen-bond acceptors (Lipinski definition) is 2. The van der Waals surface area contributed by atoms with Gasteiger partial charge >= 0.3 is 0 Å². The first-order chi connectivity index (χ1) is 8.77. The molecule has 1 aromatic carbocycles. The maximum absolute atomic E-state index is 8.79. The molecule has 18 heavy (non-hydrogen) atoms. The molecule has 0 atom stereocenters. The van der Waals surface area contributed by atoms with Crippen LogP contribution in [-0.4, -0.2) is 6.61 Å². The van der Waals surface area contributed by atoms with Crippen LogP contribution in [0, 0.1) is 18.3 Å². The molecule has 0 fully saturated rings. The summed E-state index contributed by atoms with van der Waals surface area (Å²) in [5.41, 5.74) is 3.04. The fourth-order valence-electron chi connectivity index (χ4n) is 1.92. The molecular weight excluding hydrogens is 222 g/mol. The number of benzene rings is 1. The maximum Gasteiger partial charge on any atom is 0.0991 e. The largest absolute Gasteiger partial charge is 0.377 e. The van der Waals surface area contributed by atoms with E-state index in [-0.39, 0.29) is 0 Å². The number of nitrogens with zero attached hydrogens (tertiary/aromatic N) is 1. The van der Waals surface area contributed by atoms with Gasteiger partial charge in [-0.25, -0.2) is 0 Å². The molecule has 0 aliphatic rings. The number of hydrogen-bond donors (Lipinski definition) is 0. The molecule has 0 amide bonds. The number of unbranched alkanes of at least 4 members (excludes halogenated alkanes) is 4. The van der Waals surface area contributed by atoms with Gasteiger partial charge in [-0.2, -0.15) is 5.26 Å². The van der Waals surface area contributed by atoms with E-state index in [4.69, 9.17) is 10.00 Å². The Bertz CT molecular complexity index is 393. The summed E-state index contributed by atoms with van der Waals surface area (Å²) in [4.78, 5) is 0. The lowest BCUT2D eigenvalue weighted by atomic mass is 10.1. The normalized spacial score (nSPS) is 10.3. The third-order valence-electron chi connectivity index (χ3n) is 3.12. The highest BCUT2D eigenvalue weighted by atomic mass is 16.5. The van der Waals surface area contributed by atoms with Crippen molar-refractivity contribution in [3.8, 4) is 6.07 Å². The van der Waals surface area contributed by atoms with Gasteiger partial charge in [-0.15, -0.1) is 0 Å². The summed E-state index contributed by atoms with van der Waals surface area (Å²) >= 11 is 0. The highest BCUT2D eigenvalue weighted by Gasteiger charge is 2.00. The van der Waals surface area contributed by atoms with Crippen LogP contribution < -0.4 is 0 Å². The maximum atomic E-state index is 8.79. The molecule has 1 aromatic rings.